The highest BCUT2D eigenvalue weighted by Crippen LogP contribution is 2.30. The van der Waals surface area contributed by atoms with Crippen LogP contribution in [0.15, 0.2) is 48.5 Å². The summed E-state index contributed by atoms with van der Waals surface area (Å²) in [4.78, 5) is 0. The third kappa shape index (κ3) is 3.18. The molecule has 0 amide bonds. The molecular formula is C17H22N2O. The maximum atomic E-state index is 5.79. The summed E-state index contributed by atoms with van der Waals surface area (Å²) < 4.78 is 5.70. The van der Waals surface area contributed by atoms with E-state index in [1.165, 1.54) is 5.56 Å². The number of nitrogens with two attached hydrogens (primary N) is 1. The van der Waals surface area contributed by atoms with Gasteiger partial charge >= 0.3 is 0 Å². The molecule has 3 heteroatoms. The lowest BCUT2D eigenvalue weighted by Gasteiger charge is -2.20. The van der Waals surface area contributed by atoms with Crippen LogP contribution < -0.4 is 16.0 Å². The number of benzene rings is 2. The Morgan fingerprint density at radius 3 is 2.60 bits per heavy atom. The van der Waals surface area contributed by atoms with Gasteiger partial charge in [-0.25, -0.2) is 5.43 Å². The molecule has 0 saturated heterocycles. The minimum Gasteiger partial charge on any atom is -0.494 e. The molecule has 3 N–H and O–H groups in total. The number of hydrazine groups is 1. The van der Waals surface area contributed by atoms with Crippen LogP contribution in [0.5, 0.6) is 5.75 Å². The van der Waals surface area contributed by atoms with Crippen LogP contribution >= 0.6 is 0 Å². The van der Waals surface area contributed by atoms with Crippen molar-refractivity contribution in [1.82, 2.24) is 5.43 Å². The number of hydrogen-bond donors (Lipinski definition) is 2. The monoisotopic (exact) mass is 270 g/mol. The van der Waals surface area contributed by atoms with Crippen LogP contribution in [0.3, 0.4) is 0 Å². The zero-order valence-electron chi connectivity index (χ0n) is 12.1. The molecule has 2 rings (SSSR count). The van der Waals surface area contributed by atoms with E-state index >= 15 is 0 Å². The van der Waals surface area contributed by atoms with Crippen molar-refractivity contribution in [3.8, 4) is 5.75 Å². The molecule has 0 radical (unpaired) electrons. The second-order valence-electron chi connectivity index (χ2n) is 4.67. The van der Waals surface area contributed by atoms with Gasteiger partial charge in [0.2, 0.25) is 0 Å². The van der Waals surface area contributed by atoms with Crippen molar-refractivity contribution in [2.24, 2.45) is 5.84 Å². The number of ether oxygens (including phenoxy) is 1. The Morgan fingerprint density at radius 1 is 1.10 bits per heavy atom. The van der Waals surface area contributed by atoms with E-state index in [0.29, 0.717) is 6.61 Å². The molecule has 0 spiro atoms. The van der Waals surface area contributed by atoms with Crippen LogP contribution in [0.25, 0.3) is 0 Å². The van der Waals surface area contributed by atoms with E-state index in [1.807, 2.05) is 31.2 Å². The smallest absolute Gasteiger partial charge is 0.124 e. The van der Waals surface area contributed by atoms with E-state index in [-0.39, 0.29) is 6.04 Å². The van der Waals surface area contributed by atoms with Crippen molar-refractivity contribution in [3.05, 3.63) is 65.2 Å². The van der Waals surface area contributed by atoms with E-state index < -0.39 is 0 Å². The first-order valence-corrected chi connectivity index (χ1v) is 7.06. The molecule has 0 bridgehead atoms. The van der Waals surface area contributed by atoms with Gasteiger partial charge in [0.25, 0.3) is 0 Å². The standard InChI is InChI=1S/C17H22N2O/c1-3-13-8-7-9-14(12-13)17(19-18)15-10-5-6-11-16(15)20-4-2/h5-12,17,19H,3-4,18H2,1-2H3. The van der Waals surface area contributed by atoms with Gasteiger partial charge in [-0.05, 0) is 30.5 Å². The van der Waals surface area contributed by atoms with Gasteiger partial charge in [-0.2, -0.15) is 0 Å². The molecule has 0 fully saturated rings. The van der Waals surface area contributed by atoms with Gasteiger partial charge in [0, 0.05) is 5.56 Å². The second kappa shape index (κ2) is 7.08. The lowest BCUT2D eigenvalue weighted by Crippen LogP contribution is -2.29. The first-order chi connectivity index (χ1) is 9.80. The summed E-state index contributed by atoms with van der Waals surface area (Å²) in [5, 5.41) is 0. The molecular weight excluding hydrogens is 248 g/mol. The highest BCUT2D eigenvalue weighted by molar-refractivity contribution is 5.42. The Balaban J connectivity index is 2.41. The molecule has 1 atom stereocenters. The average molecular weight is 270 g/mol. The average Bonchev–Trinajstić information content (AvgIpc) is 2.50. The lowest BCUT2D eigenvalue weighted by molar-refractivity contribution is 0.333. The van der Waals surface area contributed by atoms with Crippen molar-refractivity contribution in [1.29, 1.82) is 0 Å². The van der Waals surface area contributed by atoms with Crippen LogP contribution in [0, 0.1) is 0 Å². The number of hydrogen-bond acceptors (Lipinski definition) is 3. The highest BCUT2D eigenvalue weighted by Gasteiger charge is 2.16. The second-order valence-corrected chi connectivity index (χ2v) is 4.67. The molecule has 2 aromatic carbocycles. The number of aryl methyl sites for hydroxylation is 1. The van der Waals surface area contributed by atoms with Gasteiger partial charge in [0.15, 0.2) is 0 Å². The van der Waals surface area contributed by atoms with Gasteiger partial charge in [-0.15, -0.1) is 0 Å². The van der Waals surface area contributed by atoms with Crippen molar-refractivity contribution in [2.75, 3.05) is 6.61 Å². The molecule has 0 heterocycles. The maximum absolute atomic E-state index is 5.79. The summed E-state index contributed by atoms with van der Waals surface area (Å²) >= 11 is 0. The Kier molecular flexibility index (Phi) is 5.16. The number of rotatable bonds is 6. The third-order valence-corrected chi connectivity index (χ3v) is 3.39. The fourth-order valence-corrected chi connectivity index (χ4v) is 2.36. The maximum Gasteiger partial charge on any atom is 0.124 e. The minimum atomic E-state index is -0.0655. The molecule has 1 unspecified atom stereocenters. The largest absolute Gasteiger partial charge is 0.494 e. The van der Waals surface area contributed by atoms with E-state index in [1.54, 1.807) is 0 Å². The zero-order chi connectivity index (χ0) is 14.4. The molecule has 3 nitrogen and oxygen atoms in total. The highest BCUT2D eigenvalue weighted by atomic mass is 16.5. The topological polar surface area (TPSA) is 47.3 Å². The Bertz CT molecular complexity index is 554. The zero-order valence-corrected chi connectivity index (χ0v) is 12.1. The van der Waals surface area contributed by atoms with Gasteiger partial charge in [-0.3, -0.25) is 5.84 Å². The molecule has 0 aliphatic rings. The molecule has 20 heavy (non-hydrogen) atoms. The molecule has 106 valence electrons. The summed E-state index contributed by atoms with van der Waals surface area (Å²) in [5.74, 6) is 6.66. The predicted octanol–water partition coefficient (Wildman–Crippen LogP) is 3.20. The lowest BCUT2D eigenvalue weighted by atomic mass is 9.96. The summed E-state index contributed by atoms with van der Waals surface area (Å²) in [6, 6.07) is 16.4. The molecule has 0 aliphatic carbocycles. The Labute approximate surface area is 120 Å². The van der Waals surface area contributed by atoms with Gasteiger partial charge in [-0.1, -0.05) is 49.4 Å². The molecule has 0 saturated carbocycles. The van der Waals surface area contributed by atoms with Crippen molar-refractivity contribution in [3.63, 3.8) is 0 Å². The number of nitrogens with one attached hydrogen (secondary N) is 1. The molecule has 0 aliphatic heterocycles. The minimum absolute atomic E-state index is 0.0655. The van der Waals surface area contributed by atoms with Crippen molar-refractivity contribution < 1.29 is 4.74 Å². The number of para-hydroxylation sites is 1. The SMILES string of the molecule is CCOc1ccccc1C(NN)c1cccc(CC)c1. The summed E-state index contributed by atoms with van der Waals surface area (Å²) in [6.45, 7) is 4.78. The summed E-state index contributed by atoms with van der Waals surface area (Å²) in [6.07, 6.45) is 1.01. The van der Waals surface area contributed by atoms with Crippen LogP contribution in [0.2, 0.25) is 0 Å². The van der Waals surface area contributed by atoms with Crippen LogP contribution in [-0.2, 0) is 6.42 Å². The van der Waals surface area contributed by atoms with Crippen LogP contribution in [0.1, 0.15) is 36.6 Å². The Morgan fingerprint density at radius 2 is 1.90 bits per heavy atom. The third-order valence-electron chi connectivity index (χ3n) is 3.39. The molecule has 2 aromatic rings. The van der Waals surface area contributed by atoms with Gasteiger partial charge in [0.05, 0.1) is 12.6 Å². The quantitative estimate of drug-likeness (QED) is 0.626. The fourth-order valence-electron chi connectivity index (χ4n) is 2.36. The van der Waals surface area contributed by atoms with E-state index in [4.69, 9.17) is 10.6 Å². The van der Waals surface area contributed by atoms with Crippen LogP contribution in [-0.4, -0.2) is 6.61 Å². The Hall–Kier alpha value is -1.84. The predicted molar refractivity (Wildman–Crippen MR) is 82.6 cm³/mol. The summed E-state index contributed by atoms with van der Waals surface area (Å²) in [5.41, 5.74) is 6.42. The summed E-state index contributed by atoms with van der Waals surface area (Å²) in [7, 11) is 0. The van der Waals surface area contributed by atoms with Crippen LogP contribution in [0.4, 0.5) is 0 Å². The molecule has 0 aromatic heterocycles. The first kappa shape index (κ1) is 14.6. The normalized spacial score (nSPS) is 12.2. The fraction of sp³-hybridized carbons (Fsp3) is 0.294. The van der Waals surface area contributed by atoms with Crippen molar-refractivity contribution >= 4 is 0 Å². The van der Waals surface area contributed by atoms with E-state index in [2.05, 4.69) is 36.6 Å². The first-order valence-electron chi connectivity index (χ1n) is 7.06. The van der Waals surface area contributed by atoms with E-state index in [9.17, 15) is 0 Å². The van der Waals surface area contributed by atoms with Crippen molar-refractivity contribution in [2.45, 2.75) is 26.3 Å². The van der Waals surface area contributed by atoms with Gasteiger partial charge < -0.3 is 4.74 Å². The van der Waals surface area contributed by atoms with Gasteiger partial charge in [0.1, 0.15) is 5.75 Å². The van der Waals surface area contributed by atoms with E-state index in [0.717, 1.165) is 23.3 Å².